The van der Waals surface area contributed by atoms with Crippen LogP contribution in [0.5, 0.6) is 0 Å². The predicted octanol–water partition coefficient (Wildman–Crippen LogP) is 1.52. The van der Waals surface area contributed by atoms with Crippen LogP contribution in [0.25, 0.3) is 0 Å². The van der Waals surface area contributed by atoms with Gasteiger partial charge in [0.1, 0.15) is 0 Å². The average molecular weight is 241 g/mol. The van der Waals surface area contributed by atoms with Gasteiger partial charge in [0.25, 0.3) is 0 Å². The van der Waals surface area contributed by atoms with Crippen LogP contribution in [0.3, 0.4) is 0 Å². The lowest BCUT2D eigenvalue weighted by Crippen LogP contribution is -2.24. The van der Waals surface area contributed by atoms with Crippen LogP contribution in [0.1, 0.15) is 11.1 Å². The number of nitrogens with zero attached hydrogens (tertiary/aromatic N) is 1. The number of rotatable bonds is 4. The Bertz CT molecular complexity index is 508. The molecule has 0 bridgehead atoms. The molecule has 0 fully saturated rings. The van der Waals surface area contributed by atoms with Crippen LogP contribution in [-0.2, 0) is 17.8 Å². The highest BCUT2D eigenvalue weighted by Crippen LogP contribution is 2.05. The van der Waals surface area contributed by atoms with Gasteiger partial charge in [-0.05, 0) is 29.3 Å². The number of carbonyl (C=O) groups excluding carboxylic acids is 1. The predicted molar refractivity (Wildman–Crippen MR) is 70.6 cm³/mol. The summed E-state index contributed by atoms with van der Waals surface area (Å²) in [5.41, 5.74) is 8.25. The fourth-order valence-electron chi connectivity index (χ4n) is 1.59. The van der Waals surface area contributed by atoms with Crippen molar-refractivity contribution in [1.82, 2.24) is 10.3 Å². The first-order valence-corrected chi connectivity index (χ1v) is 5.74. The summed E-state index contributed by atoms with van der Waals surface area (Å²) in [4.78, 5) is 15.7. The maximum Gasteiger partial charge on any atom is 0.224 e. The molecule has 0 saturated carbocycles. The number of nitrogens with one attached hydrogen (secondary N) is 1. The number of amides is 1. The summed E-state index contributed by atoms with van der Waals surface area (Å²) in [5.74, 6) is -0.0141. The van der Waals surface area contributed by atoms with Crippen molar-refractivity contribution in [2.45, 2.75) is 13.0 Å². The molecule has 18 heavy (non-hydrogen) atoms. The largest absolute Gasteiger partial charge is 0.399 e. The number of anilines is 1. The number of carbonyl (C=O) groups is 1. The van der Waals surface area contributed by atoms with Crippen molar-refractivity contribution in [2.24, 2.45) is 0 Å². The van der Waals surface area contributed by atoms with Gasteiger partial charge in [0, 0.05) is 24.6 Å². The molecular weight excluding hydrogens is 226 g/mol. The molecule has 2 rings (SSSR count). The highest BCUT2D eigenvalue weighted by atomic mass is 16.1. The minimum atomic E-state index is -0.0141. The van der Waals surface area contributed by atoms with Crippen LogP contribution in [0.15, 0.2) is 48.8 Å². The van der Waals surface area contributed by atoms with Crippen LogP contribution in [0.4, 0.5) is 5.69 Å². The Morgan fingerprint density at radius 2 is 1.94 bits per heavy atom. The number of nitrogen functional groups attached to an aromatic ring is 1. The monoisotopic (exact) mass is 241 g/mol. The van der Waals surface area contributed by atoms with Crippen molar-refractivity contribution in [2.75, 3.05) is 5.73 Å². The van der Waals surface area contributed by atoms with Crippen molar-refractivity contribution in [3.05, 3.63) is 59.9 Å². The van der Waals surface area contributed by atoms with Gasteiger partial charge in [-0.2, -0.15) is 0 Å². The standard InChI is InChI=1S/C14H15N3O/c15-13-5-3-11(4-6-13)10-17-14(18)8-12-2-1-7-16-9-12/h1-7,9H,8,10,15H2,(H,17,18). The lowest BCUT2D eigenvalue weighted by Gasteiger charge is -2.05. The molecule has 0 spiro atoms. The fourth-order valence-corrected chi connectivity index (χ4v) is 1.59. The second-order valence-electron chi connectivity index (χ2n) is 4.06. The molecule has 1 aromatic carbocycles. The summed E-state index contributed by atoms with van der Waals surface area (Å²) in [6.45, 7) is 0.513. The minimum absolute atomic E-state index is 0.0141. The van der Waals surface area contributed by atoms with E-state index >= 15 is 0 Å². The van der Waals surface area contributed by atoms with E-state index in [1.165, 1.54) is 0 Å². The molecule has 1 heterocycles. The summed E-state index contributed by atoms with van der Waals surface area (Å²) in [6, 6.07) is 11.2. The maximum atomic E-state index is 11.7. The number of hydrogen-bond acceptors (Lipinski definition) is 3. The third-order valence-corrected chi connectivity index (χ3v) is 2.56. The Labute approximate surface area is 106 Å². The van der Waals surface area contributed by atoms with Gasteiger partial charge in [0.2, 0.25) is 5.91 Å². The van der Waals surface area contributed by atoms with E-state index in [1.807, 2.05) is 36.4 Å². The Balaban J connectivity index is 1.83. The number of pyridine rings is 1. The molecule has 0 aliphatic carbocycles. The summed E-state index contributed by atoms with van der Waals surface area (Å²) < 4.78 is 0. The maximum absolute atomic E-state index is 11.7. The molecule has 0 radical (unpaired) electrons. The molecular formula is C14H15N3O. The van der Waals surface area contributed by atoms with Gasteiger partial charge in [-0.25, -0.2) is 0 Å². The Morgan fingerprint density at radius 3 is 2.61 bits per heavy atom. The molecule has 3 N–H and O–H groups in total. The van der Waals surface area contributed by atoms with E-state index in [9.17, 15) is 4.79 Å². The van der Waals surface area contributed by atoms with E-state index in [-0.39, 0.29) is 5.91 Å². The summed E-state index contributed by atoms with van der Waals surface area (Å²) in [5, 5.41) is 2.86. The van der Waals surface area contributed by atoms with Crippen molar-refractivity contribution >= 4 is 11.6 Å². The van der Waals surface area contributed by atoms with Gasteiger partial charge >= 0.3 is 0 Å². The van der Waals surface area contributed by atoms with Crippen LogP contribution in [-0.4, -0.2) is 10.9 Å². The minimum Gasteiger partial charge on any atom is -0.399 e. The molecule has 0 atom stereocenters. The van der Waals surface area contributed by atoms with Crippen LogP contribution in [0.2, 0.25) is 0 Å². The zero-order chi connectivity index (χ0) is 12.8. The van der Waals surface area contributed by atoms with Crippen LogP contribution < -0.4 is 11.1 Å². The molecule has 4 heteroatoms. The zero-order valence-corrected chi connectivity index (χ0v) is 9.97. The van der Waals surface area contributed by atoms with E-state index in [0.717, 1.165) is 16.8 Å². The Kier molecular flexibility index (Phi) is 3.91. The lowest BCUT2D eigenvalue weighted by molar-refractivity contribution is -0.120. The van der Waals surface area contributed by atoms with Gasteiger partial charge in [-0.15, -0.1) is 0 Å². The molecule has 0 aliphatic heterocycles. The second-order valence-corrected chi connectivity index (χ2v) is 4.06. The van der Waals surface area contributed by atoms with Gasteiger partial charge < -0.3 is 11.1 Å². The van der Waals surface area contributed by atoms with Crippen molar-refractivity contribution < 1.29 is 4.79 Å². The summed E-state index contributed by atoms with van der Waals surface area (Å²) >= 11 is 0. The van der Waals surface area contributed by atoms with Gasteiger partial charge in [0.05, 0.1) is 6.42 Å². The molecule has 1 amide bonds. The third kappa shape index (κ3) is 3.59. The highest BCUT2D eigenvalue weighted by molar-refractivity contribution is 5.78. The van der Waals surface area contributed by atoms with Crippen LogP contribution >= 0.6 is 0 Å². The molecule has 0 aliphatic rings. The third-order valence-electron chi connectivity index (χ3n) is 2.56. The Hall–Kier alpha value is -2.36. The van der Waals surface area contributed by atoms with E-state index in [1.54, 1.807) is 12.4 Å². The quantitative estimate of drug-likeness (QED) is 0.797. The van der Waals surface area contributed by atoms with E-state index in [4.69, 9.17) is 5.73 Å². The molecule has 0 unspecified atom stereocenters. The van der Waals surface area contributed by atoms with Gasteiger partial charge in [-0.1, -0.05) is 18.2 Å². The first-order chi connectivity index (χ1) is 8.74. The topological polar surface area (TPSA) is 68.0 Å². The summed E-state index contributed by atoms with van der Waals surface area (Å²) in [6.07, 6.45) is 3.74. The number of aromatic nitrogens is 1. The lowest BCUT2D eigenvalue weighted by atomic mass is 10.2. The molecule has 2 aromatic rings. The van der Waals surface area contributed by atoms with Crippen LogP contribution in [0, 0.1) is 0 Å². The van der Waals surface area contributed by atoms with Crippen molar-refractivity contribution in [3.8, 4) is 0 Å². The van der Waals surface area contributed by atoms with Crippen molar-refractivity contribution in [1.29, 1.82) is 0 Å². The van der Waals surface area contributed by atoms with Crippen molar-refractivity contribution in [3.63, 3.8) is 0 Å². The number of benzene rings is 1. The first-order valence-electron chi connectivity index (χ1n) is 5.74. The fraction of sp³-hybridized carbons (Fsp3) is 0.143. The van der Waals surface area contributed by atoms with E-state index in [2.05, 4.69) is 10.3 Å². The highest BCUT2D eigenvalue weighted by Gasteiger charge is 2.02. The van der Waals surface area contributed by atoms with Gasteiger partial charge in [-0.3, -0.25) is 9.78 Å². The normalized spacial score (nSPS) is 10.0. The van der Waals surface area contributed by atoms with E-state index in [0.29, 0.717) is 13.0 Å². The van der Waals surface area contributed by atoms with Gasteiger partial charge in [0.15, 0.2) is 0 Å². The molecule has 4 nitrogen and oxygen atoms in total. The average Bonchev–Trinajstić information content (AvgIpc) is 2.39. The first kappa shape index (κ1) is 12.1. The molecule has 92 valence electrons. The summed E-state index contributed by atoms with van der Waals surface area (Å²) in [7, 11) is 0. The number of nitrogens with two attached hydrogens (primary N) is 1. The Morgan fingerprint density at radius 1 is 1.17 bits per heavy atom. The molecule has 0 saturated heterocycles. The zero-order valence-electron chi connectivity index (χ0n) is 9.97. The van der Waals surface area contributed by atoms with E-state index < -0.39 is 0 Å². The smallest absolute Gasteiger partial charge is 0.224 e. The molecule has 1 aromatic heterocycles. The second kappa shape index (κ2) is 5.82. The SMILES string of the molecule is Nc1ccc(CNC(=O)Cc2cccnc2)cc1. The number of hydrogen-bond donors (Lipinski definition) is 2.